The maximum atomic E-state index is 12.0. The highest BCUT2D eigenvalue weighted by molar-refractivity contribution is 6.35. The minimum atomic E-state index is -0.0798. The van der Waals surface area contributed by atoms with Crippen LogP contribution in [-0.4, -0.2) is 21.1 Å². The number of hydrogen-bond acceptors (Lipinski definition) is 3. The van der Waals surface area contributed by atoms with Crippen LogP contribution in [0.3, 0.4) is 0 Å². The first-order valence-corrected chi connectivity index (χ1v) is 6.52. The van der Waals surface area contributed by atoms with Crippen molar-refractivity contribution < 1.29 is 4.79 Å². The van der Waals surface area contributed by atoms with Crippen LogP contribution in [0.4, 0.5) is 5.95 Å². The topological polar surface area (TPSA) is 70.7 Å². The van der Waals surface area contributed by atoms with E-state index in [1.807, 2.05) is 6.07 Å². The highest BCUT2D eigenvalue weighted by atomic mass is 35.5. The molecule has 0 saturated heterocycles. The monoisotopic (exact) mass is 296 g/mol. The van der Waals surface area contributed by atoms with Gasteiger partial charge in [0.05, 0.1) is 0 Å². The Morgan fingerprint density at radius 1 is 1.42 bits per heavy atom. The number of nitrogens with zero attached hydrogens (tertiary/aromatic N) is 2. The molecule has 1 aliphatic carbocycles. The van der Waals surface area contributed by atoms with Crippen LogP contribution >= 0.6 is 23.2 Å². The van der Waals surface area contributed by atoms with E-state index in [0.717, 1.165) is 12.0 Å². The van der Waals surface area contributed by atoms with Gasteiger partial charge in [-0.3, -0.25) is 10.1 Å². The lowest BCUT2D eigenvalue weighted by molar-refractivity contribution is -0.117. The van der Waals surface area contributed by atoms with Crippen molar-refractivity contribution in [3.05, 3.63) is 40.1 Å². The van der Waals surface area contributed by atoms with Crippen molar-refractivity contribution in [2.75, 3.05) is 5.32 Å². The molecular formula is C12H10Cl2N4O. The van der Waals surface area contributed by atoms with Gasteiger partial charge in [0.2, 0.25) is 11.9 Å². The first kappa shape index (κ1) is 12.4. The third-order valence-corrected chi connectivity index (χ3v) is 3.71. The fourth-order valence-corrected chi connectivity index (χ4v) is 2.65. The normalized spacial score (nSPS) is 21.2. The SMILES string of the molecule is O=C(Nc1ncn[nH]1)[C@H]1C[C@H]1c1ccc(Cl)cc1Cl. The highest BCUT2D eigenvalue weighted by Crippen LogP contribution is 2.50. The predicted octanol–water partition coefficient (Wildman–Crippen LogP) is 2.85. The molecule has 1 saturated carbocycles. The molecule has 0 spiro atoms. The Bertz CT molecular complexity index is 614. The molecule has 3 rings (SSSR count). The highest BCUT2D eigenvalue weighted by Gasteiger charge is 2.45. The molecule has 0 radical (unpaired) electrons. The molecule has 0 unspecified atom stereocenters. The molecule has 5 nitrogen and oxygen atoms in total. The van der Waals surface area contributed by atoms with E-state index in [2.05, 4.69) is 20.5 Å². The Morgan fingerprint density at radius 3 is 2.95 bits per heavy atom. The summed E-state index contributed by atoms with van der Waals surface area (Å²) in [6.07, 6.45) is 2.12. The van der Waals surface area contributed by atoms with E-state index in [-0.39, 0.29) is 17.7 Å². The second kappa shape index (κ2) is 4.83. The minimum Gasteiger partial charge on any atom is -0.295 e. The largest absolute Gasteiger partial charge is 0.295 e. The van der Waals surface area contributed by atoms with Gasteiger partial charge in [-0.2, -0.15) is 10.1 Å². The maximum Gasteiger partial charge on any atom is 0.230 e. The molecule has 1 aromatic heterocycles. The van der Waals surface area contributed by atoms with Crippen molar-refractivity contribution in [1.29, 1.82) is 0 Å². The third-order valence-electron chi connectivity index (χ3n) is 3.15. The number of aromatic amines is 1. The van der Waals surface area contributed by atoms with E-state index in [0.29, 0.717) is 16.0 Å². The van der Waals surface area contributed by atoms with Gasteiger partial charge < -0.3 is 0 Å². The Kier molecular flexibility index (Phi) is 3.16. The molecule has 1 heterocycles. The van der Waals surface area contributed by atoms with Crippen LogP contribution in [0.25, 0.3) is 0 Å². The fraction of sp³-hybridized carbons (Fsp3) is 0.250. The molecule has 2 atom stereocenters. The van der Waals surface area contributed by atoms with Gasteiger partial charge in [0.25, 0.3) is 0 Å². The molecule has 2 N–H and O–H groups in total. The van der Waals surface area contributed by atoms with Gasteiger partial charge in [-0.05, 0) is 30.0 Å². The van der Waals surface area contributed by atoms with E-state index < -0.39 is 0 Å². The first-order valence-electron chi connectivity index (χ1n) is 5.76. The van der Waals surface area contributed by atoms with Crippen LogP contribution in [0.5, 0.6) is 0 Å². The summed E-state index contributed by atoms with van der Waals surface area (Å²) in [5.41, 5.74) is 0.962. The van der Waals surface area contributed by atoms with Gasteiger partial charge >= 0.3 is 0 Å². The molecule has 7 heteroatoms. The van der Waals surface area contributed by atoms with Gasteiger partial charge in [-0.15, -0.1) is 0 Å². The zero-order chi connectivity index (χ0) is 13.4. The van der Waals surface area contributed by atoms with Gasteiger partial charge in [0.1, 0.15) is 6.33 Å². The van der Waals surface area contributed by atoms with Crippen molar-refractivity contribution >= 4 is 35.1 Å². The van der Waals surface area contributed by atoms with Crippen LogP contribution in [0, 0.1) is 5.92 Å². The number of nitrogens with one attached hydrogen (secondary N) is 2. The fourth-order valence-electron chi connectivity index (χ4n) is 2.11. The minimum absolute atomic E-state index is 0.0761. The van der Waals surface area contributed by atoms with Gasteiger partial charge in [0, 0.05) is 16.0 Å². The maximum absolute atomic E-state index is 12.0. The summed E-state index contributed by atoms with van der Waals surface area (Å²) in [6.45, 7) is 0. The number of carbonyl (C=O) groups excluding carboxylic acids is 1. The van der Waals surface area contributed by atoms with Crippen LogP contribution < -0.4 is 5.32 Å². The number of amides is 1. The second-order valence-corrected chi connectivity index (χ2v) is 5.28. The van der Waals surface area contributed by atoms with Crippen molar-refractivity contribution in [1.82, 2.24) is 15.2 Å². The third kappa shape index (κ3) is 2.57. The number of H-pyrrole nitrogens is 1. The Morgan fingerprint density at radius 2 is 2.26 bits per heavy atom. The van der Waals surface area contributed by atoms with Crippen LogP contribution in [0.2, 0.25) is 10.0 Å². The predicted molar refractivity (Wildman–Crippen MR) is 72.3 cm³/mol. The average molecular weight is 297 g/mol. The van der Waals surface area contributed by atoms with Crippen molar-refractivity contribution in [2.45, 2.75) is 12.3 Å². The van der Waals surface area contributed by atoms with E-state index in [1.54, 1.807) is 12.1 Å². The molecule has 0 aliphatic heterocycles. The molecule has 1 amide bonds. The number of carbonyl (C=O) groups is 1. The molecule has 0 bridgehead atoms. The molecule has 1 fully saturated rings. The molecule has 1 aromatic carbocycles. The Labute approximate surface area is 119 Å². The summed E-state index contributed by atoms with van der Waals surface area (Å²) in [7, 11) is 0. The number of benzene rings is 1. The van der Waals surface area contributed by atoms with E-state index in [4.69, 9.17) is 23.2 Å². The molecule has 19 heavy (non-hydrogen) atoms. The number of hydrogen-bond donors (Lipinski definition) is 2. The summed E-state index contributed by atoms with van der Waals surface area (Å²) in [5, 5.41) is 10.1. The quantitative estimate of drug-likeness (QED) is 0.915. The molecule has 1 aliphatic rings. The average Bonchev–Trinajstić information content (AvgIpc) is 2.99. The van der Waals surface area contributed by atoms with E-state index >= 15 is 0 Å². The zero-order valence-corrected chi connectivity index (χ0v) is 11.2. The molecular weight excluding hydrogens is 287 g/mol. The number of halogens is 2. The lowest BCUT2D eigenvalue weighted by Crippen LogP contribution is -2.15. The lowest BCUT2D eigenvalue weighted by Gasteiger charge is -2.04. The van der Waals surface area contributed by atoms with Crippen LogP contribution in [-0.2, 0) is 4.79 Å². The van der Waals surface area contributed by atoms with Crippen molar-refractivity contribution in [3.63, 3.8) is 0 Å². The number of anilines is 1. The summed E-state index contributed by atoms with van der Waals surface area (Å²) >= 11 is 12.0. The summed E-state index contributed by atoms with van der Waals surface area (Å²) < 4.78 is 0. The number of aromatic nitrogens is 3. The molecule has 2 aromatic rings. The van der Waals surface area contributed by atoms with Crippen molar-refractivity contribution in [2.24, 2.45) is 5.92 Å². The summed E-state index contributed by atoms with van der Waals surface area (Å²) in [5.74, 6) is 0.349. The van der Waals surface area contributed by atoms with Gasteiger partial charge in [0.15, 0.2) is 0 Å². The van der Waals surface area contributed by atoms with Crippen LogP contribution in [0.1, 0.15) is 17.9 Å². The summed E-state index contributed by atoms with van der Waals surface area (Å²) in [4.78, 5) is 15.8. The van der Waals surface area contributed by atoms with Crippen molar-refractivity contribution in [3.8, 4) is 0 Å². The van der Waals surface area contributed by atoms with Gasteiger partial charge in [-0.1, -0.05) is 29.3 Å². The smallest absolute Gasteiger partial charge is 0.230 e. The standard InChI is InChI=1S/C12H10Cl2N4O/c13-6-1-2-7(10(14)3-6)8-4-9(8)11(19)17-12-15-5-16-18-12/h1-3,5,8-9H,4H2,(H2,15,16,17,18,19)/t8-,9-/m0/s1. The Balaban J connectivity index is 1.69. The first-order chi connectivity index (χ1) is 9.15. The molecule has 98 valence electrons. The van der Waals surface area contributed by atoms with Crippen LogP contribution in [0.15, 0.2) is 24.5 Å². The van der Waals surface area contributed by atoms with E-state index in [1.165, 1.54) is 6.33 Å². The second-order valence-electron chi connectivity index (χ2n) is 4.44. The summed E-state index contributed by atoms with van der Waals surface area (Å²) in [6, 6.07) is 5.35. The number of rotatable bonds is 3. The Hall–Kier alpha value is -1.59. The van der Waals surface area contributed by atoms with E-state index in [9.17, 15) is 4.79 Å². The van der Waals surface area contributed by atoms with Gasteiger partial charge in [-0.25, -0.2) is 5.10 Å². The lowest BCUT2D eigenvalue weighted by atomic mass is 10.1. The zero-order valence-electron chi connectivity index (χ0n) is 9.73.